The molecule has 1 aliphatic carbocycles. The minimum absolute atomic E-state index is 0.0296. The largest absolute Gasteiger partial charge is 0.459 e. The lowest BCUT2D eigenvalue weighted by Crippen LogP contribution is -2.30. The minimum Gasteiger partial charge on any atom is -0.459 e. The molecular formula is C19H19NO5. The van der Waals surface area contributed by atoms with E-state index in [1.54, 1.807) is 30.3 Å². The van der Waals surface area contributed by atoms with E-state index < -0.39 is 18.0 Å². The zero-order valence-electron chi connectivity index (χ0n) is 13.9. The number of hydrogen-bond donors (Lipinski definition) is 1. The highest BCUT2D eigenvalue weighted by atomic mass is 16.5. The topological polar surface area (TPSA) is 85.6 Å². The quantitative estimate of drug-likeness (QED) is 0.860. The van der Waals surface area contributed by atoms with Gasteiger partial charge in [0.1, 0.15) is 0 Å². The first kappa shape index (κ1) is 17.0. The summed E-state index contributed by atoms with van der Waals surface area (Å²) < 4.78 is 10.4. The van der Waals surface area contributed by atoms with Crippen molar-refractivity contribution < 1.29 is 23.5 Å². The van der Waals surface area contributed by atoms with Gasteiger partial charge in [0, 0.05) is 12.1 Å². The smallest absolute Gasteiger partial charge is 0.338 e. The number of hydrogen-bond acceptors (Lipinski definition) is 5. The molecule has 0 saturated heterocycles. The van der Waals surface area contributed by atoms with E-state index in [4.69, 9.17) is 9.15 Å². The molecular weight excluding hydrogens is 322 g/mol. The average molecular weight is 341 g/mol. The Morgan fingerprint density at radius 2 is 2.08 bits per heavy atom. The van der Waals surface area contributed by atoms with Crippen molar-refractivity contribution in [1.82, 2.24) is 0 Å². The molecule has 25 heavy (non-hydrogen) atoms. The van der Waals surface area contributed by atoms with Crippen molar-refractivity contribution in [3.05, 3.63) is 53.5 Å². The highest BCUT2D eigenvalue weighted by molar-refractivity contribution is 6.03. The molecule has 1 fully saturated rings. The molecule has 1 aliphatic rings. The molecule has 0 unspecified atom stereocenters. The third kappa shape index (κ3) is 3.96. The van der Waals surface area contributed by atoms with E-state index in [-0.39, 0.29) is 11.5 Å². The van der Waals surface area contributed by atoms with Crippen molar-refractivity contribution in [1.29, 1.82) is 0 Å². The van der Waals surface area contributed by atoms with Crippen molar-refractivity contribution in [3.63, 3.8) is 0 Å². The molecule has 0 radical (unpaired) electrons. The van der Waals surface area contributed by atoms with Crippen LogP contribution in [0.2, 0.25) is 0 Å². The number of anilines is 1. The second-order valence-electron chi connectivity index (χ2n) is 6.07. The Morgan fingerprint density at radius 3 is 2.80 bits per heavy atom. The van der Waals surface area contributed by atoms with E-state index in [1.165, 1.54) is 6.26 Å². The second kappa shape index (κ2) is 7.34. The zero-order valence-corrected chi connectivity index (χ0v) is 13.9. The lowest BCUT2D eigenvalue weighted by Gasteiger charge is -2.20. The van der Waals surface area contributed by atoms with Crippen molar-refractivity contribution in [2.45, 2.75) is 38.7 Å². The molecule has 3 rings (SSSR count). The third-order valence-electron chi connectivity index (χ3n) is 4.21. The van der Waals surface area contributed by atoms with Gasteiger partial charge in [0.05, 0.1) is 11.8 Å². The standard InChI is InChI=1S/C19H19NO5/c1-12-8-9-13(19(23)25-16-6-3-2-5-15(16)21)11-14(12)20-18(22)17-7-4-10-24-17/h4,7-11,16H,2-3,5-6H2,1H3,(H,20,22)/t16-/m0/s1. The maximum absolute atomic E-state index is 12.3. The van der Waals surface area contributed by atoms with Crippen LogP contribution in [0, 0.1) is 6.92 Å². The van der Waals surface area contributed by atoms with Gasteiger partial charge in [-0.1, -0.05) is 6.07 Å². The van der Waals surface area contributed by atoms with Crippen molar-refractivity contribution >= 4 is 23.3 Å². The monoisotopic (exact) mass is 341 g/mol. The SMILES string of the molecule is Cc1ccc(C(=O)O[C@H]2CCCCC2=O)cc1NC(=O)c1ccco1. The number of carbonyl (C=O) groups is 3. The van der Waals surface area contributed by atoms with Crippen LogP contribution in [0.15, 0.2) is 41.0 Å². The van der Waals surface area contributed by atoms with Crippen LogP contribution in [0.1, 0.15) is 52.2 Å². The Kier molecular flexibility index (Phi) is 4.97. The molecule has 0 spiro atoms. The van der Waals surface area contributed by atoms with Crippen LogP contribution in [0.3, 0.4) is 0 Å². The van der Waals surface area contributed by atoms with Crippen molar-refractivity contribution in [2.24, 2.45) is 0 Å². The molecule has 1 aromatic carbocycles. The predicted octanol–water partition coefficient (Wildman–Crippen LogP) is 3.51. The second-order valence-corrected chi connectivity index (χ2v) is 6.07. The number of ether oxygens (including phenoxy) is 1. The average Bonchev–Trinajstić information content (AvgIpc) is 3.13. The number of rotatable bonds is 4. The number of nitrogens with one attached hydrogen (secondary N) is 1. The number of furan rings is 1. The molecule has 6 nitrogen and oxygen atoms in total. The molecule has 1 saturated carbocycles. The van der Waals surface area contributed by atoms with Gasteiger partial charge in [-0.2, -0.15) is 0 Å². The van der Waals surface area contributed by atoms with Gasteiger partial charge >= 0.3 is 5.97 Å². The van der Waals surface area contributed by atoms with Crippen LogP contribution in [-0.2, 0) is 9.53 Å². The summed E-state index contributed by atoms with van der Waals surface area (Å²) in [4.78, 5) is 36.2. The molecule has 1 aromatic heterocycles. The highest BCUT2D eigenvalue weighted by Gasteiger charge is 2.26. The van der Waals surface area contributed by atoms with E-state index in [0.717, 1.165) is 18.4 Å². The number of esters is 1. The Hall–Kier alpha value is -2.89. The van der Waals surface area contributed by atoms with E-state index in [2.05, 4.69) is 5.32 Å². The van der Waals surface area contributed by atoms with Crippen LogP contribution in [0.4, 0.5) is 5.69 Å². The summed E-state index contributed by atoms with van der Waals surface area (Å²) >= 11 is 0. The van der Waals surface area contributed by atoms with E-state index in [1.807, 2.05) is 6.92 Å². The molecule has 0 bridgehead atoms. The fourth-order valence-corrected chi connectivity index (χ4v) is 2.75. The number of Topliss-reactive ketones (excluding diaryl/α,β-unsaturated/α-hetero) is 1. The van der Waals surface area contributed by atoms with Gasteiger partial charge in [-0.25, -0.2) is 4.79 Å². The first-order valence-corrected chi connectivity index (χ1v) is 8.24. The predicted molar refractivity (Wildman–Crippen MR) is 90.5 cm³/mol. The Morgan fingerprint density at radius 1 is 1.24 bits per heavy atom. The van der Waals surface area contributed by atoms with Crippen LogP contribution in [-0.4, -0.2) is 23.8 Å². The van der Waals surface area contributed by atoms with Gasteiger partial charge in [-0.05, 0) is 56.0 Å². The molecule has 1 atom stereocenters. The summed E-state index contributed by atoms with van der Waals surface area (Å²) in [6, 6.07) is 8.06. The van der Waals surface area contributed by atoms with Crippen LogP contribution >= 0.6 is 0 Å². The number of aryl methyl sites for hydroxylation is 1. The number of ketones is 1. The Labute approximate surface area is 145 Å². The lowest BCUT2D eigenvalue weighted by molar-refractivity contribution is -0.129. The van der Waals surface area contributed by atoms with Gasteiger partial charge in [0.25, 0.3) is 5.91 Å². The molecule has 1 amide bonds. The Bertz CT molecular complexity index is 794. The summed E-state index contributed by atoms with van der Waals surface area (Å²) in [5, 5.41) is 2.71. The number of benzene rings is 1. The molecule has 0 aliphatic heterocycles. The summed E-state index contributed by atoms with van der Waals surface area (Å²) in [6.45, 7) is 1.82. The summed E-state index contributed by atoms with van der Waals surface area (Å²) in [6.07, 6.45) is 3.50. The van der Waals surface area contributed by atoms with Gasteiger partial charge < -0.3 is 14.5 Å². The summed E-state index contributed by atoms with van der Waals surface area (Å²) in [5.41, 5.74) is 1.58. The summed E-state index contributed by atoms with van der Waals surface area (Å²) in [7, 11) is 0. The van der Waals surface area contributed by atoms with Gasteiger partial charge in [-0.3, -0.25) is 9.59 Å². The van der Waals surface area contributed by atoms with E-state index >= 15 is 0 Å². The number of carbonyl (C=O) groups excluding carboxylic acids is 3. The molecule has 1 N–H and O–H groups in total. The van der Waals surface area contributed by atoms with Crippen LogP contribution in [0.25, 0.3) is 0 Å². The van der Waals surface area contributed by atoms with Crippen LogP contribution in [0.5, 0.6) is 0 Å². The van der Waals surface area contributed by atoms with E-state index in [9.17, 15) is 14.4 Å². The molecule has 6 heteroatoms. The normalized spacial score (nSPS) is 17.2. The fourth-order valence-electron chi connectivity index (χ4n) is 2.75. The first-order chi connectivity index (χ1) is 12.0. The minimum atomic E-state index is -0.663. The number of amides is 1. The van der Waals surface area contributed by atoms with E-state index in [0.29, 0.717) is 24.1 Å². The van der Waals surface area contributed by atoms with Gasteiger partial charge in [0.2, 0.25) is 0 Å². The summed E-state index contributed by atoms with van der Waals surface area (Å²) in [5.74, 6) is -0.812. The third-order valence-corrected chi connectivity index (χ3v) is 4.21. The lowest BCUT2D eigenvalue weighted by atomic mass is 9.96. The zero-order chi connectivity index (χ0) is 17.8. The maximum atomic E-state index is 12.3. The van der Waals surface area contributed by atoms with Crippen molar-refractivity contribution in [2.75, 3.05) is 5.32 Å². The molecule has 2 aromatic rings. The van der Waals surface area contributed by atoms with Gasteiger partial charge in [0.15, 0.2) is 17.6 Å². The van der Waals surface area contributed by atoms with Crippen molar-refractivity contribution in [3.8, 4) is 0 Å². The maximum Gasteiger partial charge on any atom is 0.338 e. The first-order valence-electron chi connectivity index (χ1n) is 8.24. The Balaban J connectivity index is 1.73. The van der Waals surface area contributed by atoms with Crippen LogP contribution < -0.4 is 5.32 Å². The molecule has 1 heterocycles. The van der Waals surface area contributed by atoms with Gasteiger partial charge in [-0.15, -0.1) is 0 Å². The highest BCUT2D eigenvalue weighted by Crippen LogP contribution is 2.22. The molecule has 130 valence electrons. The fraction of sp³-hybridized carbons (Fsp3) is 0.316.